The Hall–Kier alpha value is -1.35. The molecule has 2 saturated heterocycles. The van der Waals surface area contributed by atoms with Gasteiger partial charge in [0.05, 0.1) is 12.0 Å². The van der Waals surface area contributed by atoms with E-state index in [0.717, 1.165) is 42.8 Å². The van der Waals surface area contributed by atoms with Crippen LogP contribution in [0.4, 0.5) is 5.69 Å². The number of hydrogen-bond acceptors (Lipinski definition) is 2. The third-order valence-corrected chi connectivity index (χ3v) is 7.98. The first kappa shape index (κ1) is 16.8. The number of hydrogen-bond donors (Lipinski definition) is 0. The number of fused-ring (bicyclic) bond motifs is 1. The minimum absolute atomic E-state index is 0.108. The summed E-state index contributed by atoms with van der Waals surface area (Å²) < 4.78 is 0. The van der Waals surface area contributed by atoms with Crippen LogP contribution in [-0.4, -0.2) is 35.5 Å². The van der Waals surface area contributed by atoms with Gasteiger partial charge in [0.1, 0.15) is 0 Å². The van der Waals surface area contributed by atoms with E-state index in [-0.39, 0.29) is 5.54 Å². The van der Waals surface area contributed by atoms with E-state index in [1.807, 2.05) is 18.2 Å². The van der Waals surface area contributed by atoms with Crippen LogP contribution in [0.2, 0.25) is 0 Å². The predicted octanol–water partition coefficient (Wildman–Crippen LogP) is 4.62. The Kier molecular flexibility index (Phi) is 4.31. The molecule has 140 valence electrons. The summed E-state index contributed by atoms with van der Waals surface area (Å²) in [5.74, 6) is 2.35. The molecule has 2 heterocycles. The normalized spacial score (nSPS) is 34.4. The van der Waals surface area contributed by atoms with Crippen molar-refractivity contribution in [2.45, 2.75) is 75.8 Å². The van der Waals surface area contributed by atoms with Crippen LogP contribution in [0, 0.1) is 11.8 Å². The van der Waals surface area contributed by atoms with Gasteiger partial charge in [-0.15, -0.1) is 0 Å². The van der Waals surface area contributed by atoms with Gasteiger partial charge in [0.25, 0.3) is 0 Å². The van der Waals surface area contributed by atoms with Crippen molar-refractivity contribution in [2.24, 2.45) is 11.8 Å². The molecular weight excluding hydrogens is 320 g/mol. The smallest absolute Gasteiger partial charge is 0.229 e. The maximum absolute atomic E-state index is 12.4. The first-order chi connectivity index (χ1) is 12.8. The molecule has 26 heavy (non-hydrogen) atoms. The average Bonchev–Trinajstić information content (AvgIpc) is 2.68. The van der Waals surface area contributed by atoms with Gasteiger partial charge in [-0.2, -0.15) is 0 Å². The minimum atomic E-state index is 0.108. The molecule has 0 N–H and O–H groups in total. The number of piperidine rings is 1. The van der Waals surface area contributed by atoms with Gasteiger partial charge in [-0.3, -0.25) is 4.79 Å². The number of rotatable bonds is 2. The van der Waals surface area contributed by atoms with Gasteiger partial charge in [0.2, 0.25) is 5.91 Å². The number of carbonyl (C=O) groups excluding carboxylic acids is 1. The van der Waals surface area contributed by atoms with E-state index in [9.17, 15) is 4.79 Å². The van der Waals surface area contributed by atoms with Crippen LogP contribution in [0.25, 0.3) is 0 Å². The Morgan fingerprint density at radius 3 is 2.35 bits per heavy atom. The van der Waals surface area contributed by atoms with Gasteiger partial charge in [-0.1, -0.05) is 43.9 Å². The van der Waals surface area contributed by atoms with Crippen LogP contribution in [0.1, 0.15) is 64.2 Å². The SMILES string of the molecule is O=C1CC2(CCN(C3CCC4CCCCC4C3)CC2)N1c1ccccc1. The molecule has 0 radical (unpaired) electrons. The molecule has 1 spiro atoms. The van der Waals surface area contributed by atoms with Crippen LogP contribution in [0.5, 0.6) is 0 Å². The molecular formula is C23H32N2O. The molecule has 5 rings (SSSR count). The summed E-state index contributed by atoms with van der Waals surface area (Å²) in [6.45, 7) is 2.36. The Morgan fingerprint density at radius 2 is 1.62 bits per heavy atom. The van der Waals surface area contributed by atoms with Crippen molar-refractivity contribution in [3.05, 3.63) is 30.3 Å². The molecule has 2 saturated carbocycles. The third kappa shape index (κ3) is 2.79. The minimum Gasteiger partial charge on any atom is -0.306 e. The molecule has 1 aromatic carbocycles. The zero-order valence-electron chi connectivity index (χ0n) is 15.9. The Bertz CT molecular complexity index is 649. The van der Waals surface area contributed by atoms with Crippen molar-refractivity contribution in [3.8, 4) is 0 Å². The van der Waals surface area contributed by atoms with Crippen LogP contribution in [0.3, 0.4) is 0 Å². The van der Waals surface area contributed by atoms with E-state index < -0.39 is 0 Å². The first-order valence-electron chi connectivity index (χ1n) is 10.9. The highest BCUT2D eigenvalue weighted by molar-refractivity contribution is 6.02. The molecule has 3 heteroatoms. The maximum atomic E-state index is 12.4. The van der Waals surface area contributed by atoms with Gasteiger partial charge < -0.3 is 9.80 Å². The molecule has 1 amide bonds. The van der Waals surface area contributed by atoms with Crippen LogP contribution >= 0.6 is 0 Å². The van der Waals surface area contributed by atoms with Crippen molar-refractivity contribution < 1.29 is 4.79 Å². The van der Waals surface area contributed by atoms with E-state index in [4.69, 9.17) is 0 Å². The summed E-state index contributed by atoms with van der Waals surface area (Å²) in [6, 6.07) is 11.1. The van der Waals surface area contributed by atoms with E-state index in [1.54, 1.807) is 0 Å². The lowest BCUT2D eigenvalue weighted by Gasteiger charge is -2.57. The predicted molar refractivity (Wildman–Crippen MR) is 105 cm³/mol. The Morgan fingerprint density at radius 1 is 0.885 bits per heavy atom. The molecule has 3 atom stereocenters. The number of anilines is 1. The number of amides is 1. The topological polar surface area (TPSA) is 23.6 Å². The largest absolute Gasteiger partial charge is 0.306 e. The number of β-lactam (4-membered cyclic amide) rings is 1. The fourth-order valence-electron chi connectivity index (χ4n) is 6.49. The monoisotopic (exact) mass is 352 g/mol. The quantitative estimate of drug-likeness (QED) is 0.725. The lowest BCUT2D eigenvalue weighted by molar-refractivity contribution is -0.129. The first-order valence-corrected chi connectivity index (χ1v) is 10.9. The van der Waals surface area contributed by atoms with E-state index in [1.165, 1.54) is 58.0 Å². The zero-order valence-corrected chi connectivity index (χ0v) is 15.9. The van der Waals surface area contributed by atoms with Crippen molar-refractivity contribution in [2.75, 3.05) is 18.0 Å². The Labute approximate surface area is 157 Å². The van der Waals surface area contributed by atoms with Gasteiger partial charge in [0, 0.05) is 24.8 Å². The van der Waals surface area contributed by atoms with Crippen molar-refractivity contribution >= 4 is 11.6 Å². The summed E-state index contributed by atoms with van der Waals surface area (Å²) in [6.07, 6.45) is 13.3. The van der Waals surface area contributed by atoms with Crippen LogP contribution < -0.4 is 4.90 Å². The summed E-state index contributed by atoms with van der Waals surface area (Å²) >= 11 is 0. The molecule has 3 nitrogen and oxygen atoms in total. The summed E-state index contributed by atoms with van der Waals surface area (Å²) in [5.41, 5.74) is 1.21. The molecule has 0 aromatic heterocycles. The summed E-state index contributed by atoms with van der Waals surface area (Å²) in [4.78, 5) is 17.3. The van der Waals surface area contributed by atoms with Crippen LogP contribution in [-0.2, 0) is 4.79 Å². The molecule has 3 unspecified atom stereocenters. The molecule has 0 bridgehead atoms. The molecule has 4 aliphatic rings. The van der Waals surface area contributed by atoms with Crippen molar-refractivity contribution in [1.29, 1.82) is 0 Å². The highest BCUT2D eigenvalue weighted by Crippen LogP contribution is 2.46. The molecule has 2 aliphatic heterocycles. The second kappa shape index (κ2) is 6.67. The fourth-order valence-corrected chi connectivity index (χ4v) is 6.49. The van der Waals surface area contributed by atoms with Crippen molar-refractivity contribution in [3.63, 3.8) is 0 Å². The number of carbonyl (C=O) groups is 1. The Balaban J connectivity index is 1.23. The van der Waals surface area contributed by atoms with E-state index in [0.29, 0.717) is 5.91 Å². The van der Waals surface area contributed by atoms with Crippen molar-refractivity contribution in [1.82, 2.24) is 4.90 Å². The fraction of sp³-hybridized carbons (Fsp3) is 0.696. The van der Waals surface area contributed by atoms with Gasteiger partial charge in [-0.05, 0) is 56.1 Å². The molecule has 2 aliphatic carbocycles. The highest BCUT2D eigenvalue weighted by atomic mass is 16.2. The van der Waals surface area contributed by atoms with Gasteiger partial charge in [0.15, 0.2) is 0 Å². The van der Waals surface area contributed by atoms with Gasteiger partial charge >= 0.3 is 0 Å². The lowest BCUT2D eigenvalue weighted by atomic mass is 9.68. The maximum Gasteiger partial charge on any atom is 0.229 e. The molecule has 1 aromatic rings. The number of para-hydroxylation sites is 1. The van der Waals surface area contributed by atoms with Crippen LogP contribution in [0.15, 0.2) is 30.3 Å². The lowest BCUT2D eigenvalue weighted by Crippen LogP contribution is -2.68. The highest BCUT2D eigenvalue weighted by Gasteiger charge is 2.53. The van der Waals surface area contributed by atoms with Gasteiger partial charge in [-0.25, -0.2) is 0 Å². The zero-order chi connectivity index (χ0) is 17.6. The second-order valence-electron chi connectivity index (χ2n) is 9.27. The second-order valence-corrected chi connectivity index (χ2v) is 9.27. The summed E-state index contributed by atoms with van der Waals surface area (Å²) in [5, 5.41) is 0. The standard InChI is InChI=1S/C23H32N2O/c26-22-17-23(25(22)20-8-2-1-3-9-20)12-14-24(15-13-23)21-11-10-18-6-4-5-7-19(18)16-21/h1-3,8-9,18-19,21H,4-7,10-17H2. The van der Waals surface area contributed by atoms with E-state index >= 15 is 0 Å². The number of likely N-dealkylation sites (tertiary alicyclic amines) is 1. The third-order valence-electron chi connectivity index (χ3n) is 7.98. The summed E-state index contributed by atoms with van der Waals surface area (Å²) in [7, 11) is 0. The number of benzene rings is 1. The number of nitrogens with zero attached hydrogens (tertiary/aromatic N) is 2. The molecule has 4 fully saturated rings. The van der Waals surface area contributed by atoms with E-state index in [2.05, 4.69) is 21.9 Å². The average molecular weight is 353 g/mol.